The zero-order valence-electron chi connectivity index (χ0n) is 19.5. The molecule has 31 heavy (non-hydrogen) atoms. The first-order valence-electron chi connectivity index (χ1n) is 10.8. The van der Waals surface area contributed by atoms with E-state index in [4.69, 9.17) is 15.2 Å². The van der Waals surface area contributed by atoms with Crippen molar-refractivity contribution in [2.75, 3.05) is 11.9 Å². The SMILES string of the molecule is [2H]CC1OC(n2ccc(NC(C)=O)nc2=O)C(F)C1OP(OCC=C)N(C(C)C)C(C)C. The van der Waals surface area contributed by atoms with Gasteiger partial charge in [0.15, 0.2) is 12.4 Å². The lowest BCUT2D eigenvalue weighted by atomic mass is 10.2. The maximum Gasteiger partial charge on any atom is 0.351 e. The lowest BCUT2D eigenvalue weighted by Gasteiger charge is -2.37. The van der Waals surface area contributed by atoms with Crippen LogP contribution in [0.1, 0.15) is 49.1 Å². The van der Waals surface area contributed by atoms with E-state index in [1.807, 2.05) is 32.4 Å². The Balaban J connectivity index is 2.29. The predicted octanol–water partition coefficient (Wildman–Crippen LogP) is 3.39. The second kappa shape index (κ2) is 11.2. The molecular formula is C20H32FN4O5P. The van der Waals surface area contributed by atoms with Crippen molar-refractivity contribution in [1.29, 1.82) is 0 Å². The number of nitrogens with one attached hydrogen (secondary N) is 1. The molecule has 1 N–H and O–H groups in total. The molecule has 5 atom stereocenters. The average Bonchev–Trinajstić information content (AvgIpc) is 3.00. The van der Waals surface area contributed by atoms with Crippen LogP contribution >= 0.6 is 8.53 Å². The van der Waals surface area contributed by atoms with Gasteiger partial charge in [-0.15, -0.1) is 6.58 Å². The third-order valence-electron chi connectivity index (χ3n) is 4.44. The van der Waals surface area contributed by atoms with Crippen LogP contribution < -0.4 is 11.0 Å². The molecule has 11 heteroatoms. The Morgan fingerprint density at radius 2 is 2.19 bits per heavy atom. The zero-order chi connectivity index (χ0) is 24.0. The van der Waals surface area contributed by atoms with E-state index in [0.29, 0.717) is 0 Å². The highest BCUT2D eigenvalue weighted by molar-refractivity contribution is 7.44. The average molecular weight is 459 g/mol. The number of amides is 1. The van der Waals surface area contributed by atoms with E-state index in [2.05, 4.69) is 16.9 Å². The molecular weight excluding hydrogens is 426 g/mol. The molecule has 1 amide bonds. The van der Waals surface area contributed by atoms with Crippen LogP contribution in [-0.4, -0.2) is 57.2 Å². The van der Waals surface area contributed by atoms with Crippen molar-refractivity contribution in [1.82, 2.24) is 14.2 Å². The molecule has 1 aliphatic heterocycles. The number of carbonyl (C=O) groups is 1. The number of rotatable bonds is 10. The minimum Gasteiger partial charge on any atom is -0.349 e. The van der Waals surface area contributed by atoms with Gasteiger partial charge in [-0.3, -0.25) is 9.36 Å². The summed E-state index contributed by atoms with van der Waals surface area (Å²) >= 11 is 0. The normalized spacial score (nSPS) is 25.1. The summed E-state index contributed by atoms with van der Waals surface area (Å²) in [5.74, 6) is -0.326. The summed E-state index contributed by atoms with van der Waals surface area (Å²) in [7, 11) is -1.68. The number of alkyl halides is 1. The van der Waals surface area contributed by atoms with Gasteiger partial charge in [0.1, 0.15) is 11.9 Å². The van der Waals surface area contributed by atoms with E-state index < -0.39 is 38.8 Å². The number of anilines is 1. The summed E-state index contributed by atoms with van der Waals surface area (Å²) in [6.45, 7) is 12.8. The van der Waals surface area contributed by atoms with Crippen molar-refractivity contribution >= 4 is 20.3 Å². The molecule has 1 aromatic heterocycles. The topological polar surface area (TPSA) is 94.9 Å². The molecule has 0 radical (unpaired) electrons. The van der Waals surface area contributed by atoms with E-state index in [-0.39, 0.29) is 37.3 Å². The summed E-state index contributed by atoms with van der Waals surface area (Å²) in [4.78, 5) is 27.3. The Morgan fingerprint density at radius 3 is 2.71 bits per heavy atom. The highest BCUT2D eigenvalue weighted by atomic mass is 31.2. The number of carbonyl (C=O) groups excluding carboxylic acids is 1. The van der Waals surface area contributed by atoms with Crippen LogP contribution in [0.3, 0.4) is 0 Å². The lowest BCUT2D eigenvalue weighted by Crippen LogP contribution is -2.38. The quantitative estimate of drug-likeness (QED) is 0.423. The first-order valence-corrected chi connectivity index (χ1v) is 11.2. The van der Waals surface area contributed by atoms with Crippen LogP contribution in [0.2, 0.25) is 0 Å². The van der Waals surface area contributed by atoms with Gasteiger partial charge in [-0.05, 0) is 40.7 Å². The molecule has 0 bridgehead atoms. The van der Waals surface area contributed by atoms with Crippen LogP contribution in [0.4, 0.5) is 10.2 Å². The van der Waals surface area contributed by atoms with Gasteiger partial charge >= 0.3 is 5.69 Å². The fourth-order valence-electron chi connectivity index (χ4n) is 3.25. The number of hydrogen-bond acceptors (Lipinski definition) is 7. The van der Waals surface area contributed by atoms with Gasteiger partial charge < -0.3 is 19.1 Å². The van der Waals surface area contributed by atoms with Gasteiger partial charge in [0, 0.05) is 26.6 Å². The first kappa shape index (κ1) is 23.9. The van der Waals surface area contributed by atoms with E-state index >= 15 is 4.39 Å². The smallest absolute Gasteiger partial charge is 0.349 e. The van der Waals surface area contributed by atoms with Gasteiger partial charge in [-0.2, -0.15) is 4.98 Å². The predicted molar refractivity (Wildman–Crippen MR) is 117 cm³/mol. The summed E-state index contributed by atoms with van der Waals surface area (Å²) in [6.07, 6.45) is -2.19. The van der Waals surface area contributed by atoms with Gasteiger partial charge in [0.2, 0.25) is 5.91 Å². The lowest BCUT2D eigenvalue weighted by molar-refractivity contribution is -0.114. The van der Waals surface area contributed by atoms with E-state index in [1.165, 1.54) is 19.2 Å². The largest absolute Gasteiger partial charge is 0.351 e. The third kappa shape index (κ3) is 6.40. The standard InChI is InChI=1S/C20H32FN4O5P/c1-8-11-28-31(25(12(2)3)13(4)5)30-18-14(6)29-19(17(18)21)24-10-9-16(22-15(7)26)23-20(24)27/h8-10,12-14,17-19H,1,11H2,2-7H3,(H,22,23,26,27)/i6D. The van der Waals surface area contributed by atoms with E-state index in [0.717, 1.165) is 4.57 Å². The zero-order valence-corrected chi connectivity index (χ0v) is 19.4. The van der Waals surface area contributed by atoms with Crippen molar-refractivity contribution < 1.29 is 24.3 Å². The Labute approximate surface area is 184 Å². The molecule has 1 saturated heterocycles. The Bertz CT molecular complexity index is 834. The van der Waals surface area contributed by atoms with Crippen LogP contribution in [0.15, 0.2) is 29.7 Å². The number of nitrogens with zero attached hydrogens (tertiary/aromatic N) is 3. The van der Waals surface area contributed by atoms with Gasteiger partial charge in [0.25, 0.3) is 8.53 Å². The summed E-state index contributed by atoms with van der Waals surface area (Å²) < 4.78 is 44.0. The number of ether oxygens (including phenoxy) is 1. The number of hydrogen-bond donors (Lipinski definition) is 1. The molecule has 5 unspecified atom stereocenters. The fraction of sp³-hybridized carbons (Fsp3) is 0.650. The molecule has 2 rings (SSSR count). The maximum absolute atomic E-state index is 15.5. The molecule has 0 aromatic carbocycles. The molecule has 0 spiro atoms. The molecule has 1 aliphatic rings. The monoisotopic (exact) mass is 459 g/mol. The summed E-state index contributed by atoms with van der Waals surface area (Å²) in [6, 6.07) is 1.50. The third-order valence-corrected chi connectivity index (χ3v) is 6.53. The summed E-state index contributed by atoms with van der Waals surface area (Å²) in [5.41, 5.74) is -0.788. The first-order chi connectivity index (χ1) is 15.1. The van der Waals surface area contributed by atoms with Crippen LogP contribution in [-0.2, 0) is 18.6 Å². The Morgan fingerprint density at radius 1 is 1.52 bits per heavy atom. The van der Waals surface area contributed by atoms with Gasteiger partial charge in [0.05, 0.1) is 12.7 Å². The minimum absolute atomic E-state index is 0.0582. The Hall–Kier alpha value is -1.71. The fourth-order valence-corrected chi connectivity index (χ4v) is 5.00. The molecule has 0 aliphatic carbocycles. The second-order valence-electron chi connectivity index (χ2n) is 7.65. The van der Waals surface area contributed by atoms with Gasteiger partial charge in [-0.25, -0.2) is 13.9 Å². The molecule has 1 fully saturated rings. The highest BCUT2D eigenvalue weighted by Crippen LogP contribution is 2.50. The number of halogens is 1. The molecule has 2 heterocycles. The number of aromatic nitrogens is 2. The molecule has 9 nitrogen and oxygen atoms in total. The molecule has 0 saturated carbocycles. The van der Waals surface area contributed by atoms with Crippen LogP contribution in [0.25, 0.3) is 0 Å². The van der Waals surface area contributed by atoms with Crippen LogP contribution in [0.5, 0.6) is 0 Å². The van der Waals surface area contributed by atoms with Crippen LogP contribution in [0, 0.1) is 0 Å². The maximum atomic E-state index is 15.5. The molecule has 1 aromatic rings. The van der Waals surface area contributed by atoms with Crippen molar-refractivity contribution in [3.63, 3.8) is 0 Å². The van der Waals surface area contributed by atoms with Crippen molar-refractivity contribution in [3.8, 4) is 0 Å². The van der Waals surface area contributed by atoms with Crippen molar-refractivity contribution in [2.45, 2.75) is 78.2 Å². The minimum atomic E-state index is -1.74. The second-order valence-corrected chi connectivity index (χ2v) is 9.06. The van der Waals surface area contributed by atoms with Crippen molar-refractivity contribution in [2.24, 2.45) is 0 Å². The summed E-state index contributed by atoms with van der Waals surface area (Å²) in [5, 5.41) is 2.40. The van der Waals surface area contributed by atoms with Crippen molar-refractivity contribution in [3.05, 3.63) is 35.4 Å². The van der Waals surface area contributed by atoms with E-state index in [1.54, 1.807) is 6.08 Å². The highest BCUT2D eigenvalue weighted by Gasteiger charge is 2.47. The van der Waals surface area contributed by atoms with E-state index in [9.17, 15) is 9.59 Å². The van der Waals surface area contributed by atoms with Gasteiger partial charge in [-0.1, -0.05) is 6.08 Å². The Kier molecular flexibility index (Phi) is 8.68. The molecule has 174 valence electrons.